The maximum atomic E-state index is 13.4. The Kier molecular flexibility index (Phi) is 6.32. The van der Waals surface area contributed by atoms with Gasteiger partial charge in [0.15, 0.2) is 0 Å². The van der Waals surface area contributed by atoms with Gasteiger partial charge in [-0.15, -0.1) is 5.10 Å². The predicted molar refractivity (Wildman–Crippen MR) is 111 cm³/mol. The van der Waals surface area contributed by atoms with Gasteiger partial charge in [-0.3, -0.25) is 0 Å². The van der Waals surface area contributed by atoms with Gasteiger partial charge in [-0.05, 0) is 64.0 Å². The minimum atomic E-state index is -0.548. The van der Waals surface area contributed by atoms with E-state index >= 15 is 0 Å². The van der Waals surface area contributed by atoms with Gasteiger partial charge in [0, 0.05) is 5.75 Å². The molecule has 0 aliphatic heterocycles. The first kappa shape index (κ1) is 20.7. The summed E-state index contributed by atoms with van der Waals surface area (Å²) in [5.41, 5.74) is 2.24. The van der Waals surface area contributed by atoms with Crippen molar-refractivity contribution in [1.29, 1.82) is 0 Å². The van der Waals surface area contributed by atoms with Crippen molar-refractivity contribution in [1.82, 2.24) is 20.2 Å². The second kappa shape index (κ2) is 9.48. The molecule has 0 fully saturated rings. The molecule has 0 aliphatic rings. The average molecular weight is 438 g/mol. The molecule has 0 unspecified atom stereocenters. The molecular weight excluding hydrogens is 422 g/mol. The van der Waals surface area contributed by atoms with Gasteiger partial charge in [-0.2, -0.15) is 4.68 Å². The van der Waals surface area contributed by atoms with Gasteiger partial charge >= 0.3 is 5.97 Å². The third-order valence-corrected chi connectivity index (χ3v) is 5.27. The van der Waals surface area contributed by atoms with Crippen LogP contribution in [0.2, 0.25) is 0 Å². The zero-order chi connectivity index (χ0) is 21.6. The van der Waals surface area contributed by atoms with E-state index in [1.54, 1.807) is 42.5 Å². The van der Waals surface area contributed by atoms with Crippen LogP contribution in [0.4, 0.5) is 8.78 Å². The number of carbonyl (C=O) groups is 1. The van der Waals surface area contributed by atoms with E-state index in [0.29, 0.717) is 27.7 Å². The normalized spacial score (nSPS) is 10.8. The second-order valence-corrected chi connectivity index (χ2v) is 7.49. The number of carbonyl (C=O) groups excluding carboxylic acids is 1. The minimum Gasteiger partial charge on any atom is -0.457 e. The fraction of sp³-hybridized carbons (Fsp3) is 0.0909. The molecule has 0 N–H and O–H groups in total. The Hall–Kier alpha value is -3.59. The lowest BCUT2D eigenvalue weighted by molar-refractivity contribution is 0.0472. The lowest BCUT2D eigenvalue weighted by Gasteiger charge is -2.08. The van der Waals surface area contributed by atoms with E-state index in [9.17, 15) is 13.6 Å². The molecule has 31 heavy (non-hydrogen) atoms. The first-order valence-electron chi connectivity index (χ1n) is 9.26. The number of nitrogens with zero attached hydrogens (tertiary/aromatic N) is 4. The van der Waals surface area contributed by atoms with Crippen LogP contribution >= 0.6 is 11.8 Å². The van der Waals surface area contributed by atoms with Gasteiger partial charge in [-0.1, -0.05) is 42.1 Å². The van der Waals surface area contributed by atoms with Crippen molar-refractivity contribution in [3.63, 3.8) is 0 Å². The maximum absolute atomic E-state index is 13.4. The van der Waals surface area contributed by atoms with Crippen LogP contribution in [-0.4, -0.2) is 26.2 Å². The molecule has 0 saturated carbocycles. The molecular formula is C22H16F2N4O2S. The molecule has 0 spiro atoms. The van der Waals surface area contributed by atoms with Crippen LogP contribution in [0.3, 0.4) is 0 Å². The molecule has 4 aromatic rings. The van der Waals surface area contributed by atoms with E-state index < -0.39 is 11.8 Å². The van der Waals surface area contributed by atoms with E-state index in [-0.39, 0.29) is 12.4 Å². The third kappa shape index (κ3) is 5.32. The fourth-order valence-corrected chi connectivity index (χ4v) is 3.66. The van der Waals surface area contributed by atoms with Crippen LogP contribution in [0.25, 0.3) is 5.69 Å². The molecule has 1 heterocycles. The molecule has 6 nitrogen and oxygen atoms in total. The highest BCUT2D eigenvalue weighted by molar-refractivity contribution is 7.98. The van der Waals surface area contributed by atoms with Crippen LogP contribution in [0.5, 0.6) is 0 Å². The van der Waals surface area contributed by atoms with E-state index in [0.717, 1.165) is 5.56 Å². The van der Waals surface area contributed by atoms with Gasteiger partial charge < -0.3 is 4.74 Å². The molecule has 0 bridgehead atoms. The smallest absolute Gasteiger partial charge is 0.338 e. The second-order valence-electron chi connectivity index (χ2n) is 6.55. The highest BCUT2D eigenvalue weighted by atomic mass is 32.2. The Morgan fingerprint density at radius 2 is 1.65 bits per heavy atom. The number of hydrogen-bond acceptors (Lipinski definition) is 6. The molecule has 3 aromatic carbocycles. The number of thioether (sulfide) groups is 1. The number of hydrogen-bond donors (Lipinski definition) is 0. The van der Waals surface area contributed by atoms with Gasteiger partial charge in [0.2, 0.25) is 5.16 Å². The van der Waals surface area contributed by atoms with Crippen LogP contribution < -0.4 is 0 Å². The van der Waals surface area contributed by atoms with Gasteiger partial charge in [0.1, 0.15) is 18.2 Å². The van der Waals surface area contributed by atoms with Crippen molar-refractivity contribution in [3.8, 4) is 5.69 Å². The van der Waals surface area contributed by atoms with Crippen molar-refractivity contribution in [3.05, 3.63) is 101 Å². The number of rotatable bonds is 7. The summed E-state index contributed by atoms with van der Waals surface area (Å²) in [4.78, 5) is 12.4. The summed E-state index contributed by atoms with van der Waals surface area (Å²) in [6.07, 6.45) is 0. The fourth-order valence-electron chi connectivity index (χ4n) is 2.83. The SMILES string of the molecule is O=C(OCc1cccc(F)c1)c1cccc(-n2nnnc2SCc2cccc(F)c2)c1. The number of esters is 1. The highest BCUT2D eigenvalue weighted by Gasteiger charge is 2.13. The Balaban J connectivity index is 1.46. The first-order chi connectivity index (χ1) is 15.1. The lowest BCUT2D eigenvalue weighted by Crippen LogP contribution is -2.07. The summed E-state index contributed by atoms with van der Waals surface area (Å²) in [7, 11) is 0. The molecule has 4 rings (SSSR count). The lowest BCUT2D eigenvalue weighted by atomic mass is 10.2. The van der Waals surface area contributed by atoms with E-state index in [1.165, 1.54) is 40.7 Å². The highest BCUT2D eigenvalue weighted by Crippen LogP contribution is 2.23. The zero-order valence-corrected chi connectivity index (χ0v) is 16.9. The van der Waals surface area contributed by atoms with E-state index in [4.69, 9.17) is 4.74 Å². The maximum Gasteiger partial charge on any atom is 0.338 e. The first-order valence-corrected chi connectivity index (χ1v) is 10.2. The number of tetrazole rings is 1. The minimum absolute atomic E-state index is 0.0412. The van der Waals surface area contributed by atoms with E-state index in [2.05, 4.69) is 15.5 Å². The Morgan fingerprint density at radius 1 is 0.935 bits per heavy atom. The Bertz CT molecular complexity index is 1220. The predicted octanol–water partition coefficient (Wildman–Crippen LogP) is 4.59. The number of halogens is 2. The summed E-state index contributed by atoms with van der Waals surface area (Å²) in [5.74, 6) is -0.763. The van der Waals surface area contributed by atoms with Crippen molar-refractivity contribution < 1.29 is 18.3 Å². The van der Waals surface area contributed by atoms with Crippen molar-refractivity contribution in [2.75, 3.05) is 0 Å². The molecule has 0 amide bonds. The molecule has 1 aromatic heterocycles. The topological polar surface area (TPSA) is 69.9 Å². The molecule has 156 valence electrons. The van der Waals surface area contributed by atoms with Crippen molar-refractivity contribution >= 4 is 17.7 Å². The quantitative estimate of drug-likeness (QED) is 0.311. The summed E-state index contributed by atoms with van der Waals surface area (Å²) >= 11 is 1.34. The number of benzene rings is 3. The third-order valence-electron chi connectivity index (χ3n) is 4.28. The number of aromatic nitrogens is 4. The van der Waals surface area contributed by atoms with Crippen molar-refractivity contribution in [2.24, 2.45) is 0 Å². The molecule has 0 aliphatic carbocycles. The Morgan fingerprint density at radius 3 is 2.42 bits per heavy atom. The summed E-state index contributed by atoms with van der Waals surface area (Å²) in [6, 6.07) is 18.8. The van der Waals surface area contributed by atoms with Gasteiger partial charge in [0.05, 0.1) is 11.3 Å². The van der Waals surface area contributed by atoms with Gasteiger partial charge in [0.25, 0.3) is 0 Å². The standard InChI is InChI=1S/C22H16F2N4O2S/c23-18-7-1-4-15(10-18)13-30-21(29)17-6-3-9-20(12-17)28-22(25-26-27-28)31-14-16-5-2-8-19(24)11-16/h1-12H,13-14H2. The number of ether oxygens (including phenoxy) is 1. The van der Waals surface area contributed by atoms with Crippen molar-refractivity contribution in [2.45, 2.75) is 17.5 Å². The average Bonchev–Trinajstić information content (AvgIpc) is 3.25. The Labute approximate surface area is 180 Å². The molecule has 0 atom stereocenters. The van der Waals surface area contributed by atoms with Crippen LogP contribution in [-0.2, 0) is 17.1 Å². The van der Waals surface area contributed by atoms with E-state index in [1.807, 2.05) is 6.07 Å². The van der Waals surface area contributed by atoms with Gasteiger partial charge in [-0.25, -0.2) is 13.6 Å². The molecule has 0 radical (unpaired) electrons. The monoisotopic (exact) mass is 438 g/mol. The largest absolute Gasteiger partial charge is 0.457 e. The van der Waals surface area contributed by atoms with Crippen LogP contribution in [0.15, 0.2) is 78.0 Å². The van der Waals surface area contributed by atoms with Crippen LogP contribution in [0, 0.1) is 11.6 Å². The van der Waals surface area contributed by atoms with Crippen LogP contribution in [0.1, 0.15) is 21.5 Å². The summed E-state index contributed by atoms with van der Waals surface area (Å²) in [5, 5.41) is 12.2. The summed E-state index contributed by atoms with van der Waals surface area (Å²) in [6.45, 7) is -0.0412. The zero-order valence-electron chi connectivity index (χ0n) is 16.1. The molecule has 9 heteroatoms. The molecule has 0 saturated heterocycles. The summed E-state index contributed by atoms with van der Waals surface area (Å²) < 4.78 is 33.4.